The Hall–Kier alpha value is -0.670. The van der Waals surface area contributed by atoms with Crippen LogP contribution in [0, 0.1) is 0 Å². The lowest BCUT2D eigenvalue weighted by Gasteiger charge is -2.24. The molecule has 1 fully saturated rings. The van der Waals surface area contributed by atoms with E-state index in [1.54, 1.807) is 0 Å². The van der Waals surface area contributed by atoms with Crippen molar-refractivity contribution < 1.29 is 4.79 Å². The van der Waals surface area contributed by atoms with Gasteiger partial charge in [0, 0.05) is 6.54 Å². The maximum Gasteiger partial charge on any atom is 0.173 e. The van der Waals surface area contributed by atoms with Crippen LogP contribution >= 0.6 is 0 Å². The third-order valence-electron chi connectivity index (χ3n) is 2.60. The van der Waals surface area contributed by atoms with E-state index in [-0.39, 0.29) is 11.8 Å². The first-order chi connectivity index (χ1) is 6.15. The molecular formula is C10H18N2O. The predicted octanol–water partition coefficient (Wildman–Crippen LogP) is 0.377. The summed E-state index contributed by atoms with van der Waals surface area (Å²) in [6.45, 7) is 6.42. The standard InChI is InChI=1S/C10H18N2O/c1-4-10(13)9-8-11(2)6-5-7-12(9)3/h4,9H,1,5-8H2,2-3H3. The van der Waals surface area contributed by atoms with E-state index < -0.39 is 0 Å². The number of carbonyl (C=O) groups excluding carboxylic acids is 1. The van der Waals surface area contributed by atoms with Crippen LogP contribution in [0.3, 0.4) is 0 Å². The Morgan fingerprint density at radius 2 is 2.15 bits per heavy atom. The van der Waals surface area contributed by atoms with E-state index >= 15 is 0 Å². The number of ketones is 1. The molecule has 1 heterocycles. The van der Waals surface area contributed by atoms with Gasteiger partial charge in [-0.25, -0.2) is 0 Å². The zero-order valence-corrected chi connectivity index (χ0v) is 8.49. The van der Waals surface area contributed by atoms with Crippen LogP contribution in [0.4, 0.5) is 0 Å². The molecule has 0 bridgehead atoms. The zero-order valence-electron chi connectivity index (χ0n) is 8.49. The minimum Gasteiger partial charge on any atom is -0.304 e. The number of nitrogens with zero attached hydrogens (tertiary/aromatic N) is 2. The third kappa shape index (κ3) is 2.64. The lowest BCUT2D eigenvalue weighted by Crippen LogP contribution is -2.42. The van der Waals surface area contributed by atoms with Gasteiger partial charge in [0.15, 0.2) is 5.78 Å². The molecular weight excluding hydrogens is 164 g/mol. The Morgan fingerprint density at radius 1 is 1.46 bits per heavy atom. The van der Waals surface area contributed by atoms with Gasteiger partial charge in [0.05, 0.1) is 6.04 Å². The normalized spacial score (nSPS) is 26.8. The fourth-order valence-corrected chi connectivity index (χ4v) is 1.71. The van der Waals surface area contributed by atoms with Crippen LogP contribution in [-0.2, 0) is 4.79 Å². The maximum atomic E-state index is 11.5. The lowest BCUT2D eigenvalue weighted by molar-refractivity contribution is -0.119. The van der Waals surface area contributed by atoms with Crippen LogP contribution in [0.2, 0.25) is 0 Å². The van der Waals surface area contributed by atoms with Gasteiger partial charge in [0.1, 0.15) is 0 Å². The van der Waals surface area contributed by atoms with E-state index in [0.717, 1.165) is 26.1 Å². The van der Waals surface area contributed by atoms with E-state index in [4.69, 9.17) is 0 Å². The highest BCUT2D eigenvalue weighted by Gasteiger charge is 2.24. The Morgan fingerprint density at radius 3 is 2.77 bits per heavy atom. The molecule has 1 aliphatic rings. The molecule has 0 aromatic rings. The molecule has 1 aliphatic heterocycles. The van der Waals surface area contributed by atoms with Crippen molar-refractivity contribution in [3.63, 3.8) is 0 Å². The Bertz CT molecular complexity index is 203. The number of rotatable bonds is 2. The smallest absolute Gasteiger partial charge is 0.173 e. The minimum absolute atomic E-state index is 0.00463. The van der Waals surface area contributed by atoms with Gasteiger partial charge in [-0.05, 0) is 39.7 Å². The Kier molecular flexibility index (Phi) is 3.63. The monoisotopic (exact) mass is 182 g/mol. The fourth-order valence-electron chi connectivity index (χ4n) is 1.71. The van der Waals surface area contributed by atoms with Crippen molar-refractivity contribution in [2.24, 2.45) is 0 Å². The molecule has 1 rings (SSSR count). The van der Waals surface area contributed by atoms with Gasteiger partial charge in [0.2, 0.25) is 0 Å². The molecule has 1 atom stereocenters. The first kappa shape index (κ1) is 10.4. The van der Waals surface area contributed by atoms with Crippen molar-refractivity contribution >= 4 is 5.78 Å². The molecule has 3 nitrogen and oxygen atoms in total. The van der Waals surface area contributed by atoms with Crippen LogP contribution in [0.15, 0.2) is 12.7 Å². The average molecular weight is 182 g/mol. The average Bonchev–Trinajstić information content (AvgIpc) is 2.27. The van der Waals surface area contributed by atoms with Gasteiger partial charge in [-0.15, -0.1) is 0 Å². The second-order valence-electron chi connectivity index (χ2n) is 3.72. The highest BCUT2D eigenvalue weighted by molar-refractivity contribution is 5.94. The molecule has 3 heteroatoms. The minimum atomic E-state index is 0.00463. The van der Waals surface area contributed by atoms with E-state index in [1.165, 1.54) is 6.08 Å². The molecule has 0 amide bonds. The zero-order chi connectivity index (χ0) is 9.84. The van der Waals surface area contributed by atoms with E-state index in [2.05, 4.69) is 23.4 Å². The van der Waals surface area contributed by atoms with Gasteiger partial charge < -0.3 is 4.90 Å². The third-order valence-corrected chi connectivity index (χ3v) is 2.60. The highest BCUT2D eigenvalue weighted by Crippen LogP contribution is 2.07. The lowest BCUT2D eigenvalue weighted by atomic mass is 10.1. The molecule has 0 aliphatic carbocycles. The molecule has 0 N–H and O–H groups in total. The second kappa shape index (κ2) is 4.53. The molecule has 0 aromatic carbocycles. The molecule has 1 saturated heterocycles. The van der Waals surface area contributed by atoms with Crippen molar-refractivity contribution in [3.8, 4) is 0 Å². The van der Waals surface area contributed by atoms with Crippen LogP contribution < -0.4 is 0 Å². The predicted molar refractivity (Wildman–Crippen MR) is 53.7 cm³/mol. The van der Waals surface area contributed by atoms with Gasteiger partial charge in [0.25, 0.3) is 0 Å². The van der Waals surface area contributed by atoms with Gasteiger partial charge in [-0.3, -0.25) is 9.69 Å². The summed E-state index contributed by atoms with van der Waals surface area (Å²) in [4.78, 5) is 15.8. The summed E-state index contributed by atoms with van der Waals surface area (Å²) in [5.74, 6) is 0.135. The van der Waals surface area contributed by atoms with Crippen LogP contribution in [0.5, 0.6) is 0 Å². The number of hydrogen-bond acceptors (Lipinski definition) is 3. The Balaban J connectivity index is 2.66. The SMILES string of the molecule is C=CC(=O)C1CN(C)CCCN1C. The summed E-state index contributed by atoms with van der Waals surface area (Å²) in [7, 11) is 4.06. The van der Waals surface area contributed by atoms with Crippen molar-refractivity contribution in [1.82, 2.24) is 9.80 Å². The van der Waals surface area contributed by atoms with E-state index in [1.807, 2.05) is 7.05 Å². The molecule has 0 saturated carbocycles. The first-order valence-electron chi connectivity index (χ1n) is 4.70. The van der Waals surface area contributed by atoms with Gasteiger partial charge in [-0.2, -0.15) is 0 Å². The van der Waals surface area contributed by atoms with E-state index in [9.17, 15) is 4.79 Å². The molecule has 13 heavy (non-hydrogen) atoms. The molecule has 0 radical (unpaired) electrons. The van der Waals surface area contributed by atoms with Crippen molar-refractivity contribution in [3.05, 3.63) is 12.7 Å². The van der Waals surface area contributed by atoms with Crippen molar-refractivity contribution in [2.45, 2.75) is 12.5 Å². The molecule has 0 spiro atoms. The quantitative estimate of drug-likeness (QED) is 0.577. The topological polar surface area (TPSA) is 23.6 Å². The van der Waals surface area contributed by atoms with Gasteiger partial charge in [-0.1, -0.05) is 6.58 Å². The van der Waals surface area contributed by atoms with Crippen LogP contribution in [-0.4, -0.2) is 55.4 Å². The summed E-state index contributed by atoms with van der Waals surface area (Å²) in [5.41, 5.74) is 0. The highest BCUT2D eigenvalue weighted by atomic mass is 16.1. The number of carbonyl (C=O) groups is 1. The number of hydrogen-bond donors (Lipinski definition) is 0. The van der Waals surface area contributed by atoms with E-state index in [0.29, 0.717) is 0 Å². The van der Waals surface area contributed by atoms with Crippen molar-refractivity contribution in [1.29, 1.82) is 0 Å². The van der Waals surface area contributed by atoms with Crippen LogP contribution in [0.25, 0.3) is 0 Å². The summed E-state index contributed by atoms with van der Waals surface area (Å²) in [5, 5.41) is 0. The Labute approximate surface area is 80.0 Å². The largest absolute Gasteiger partial charge is 0.304 e. The summed E-state index contributed by atoms with van der Waals surface area (Å²) in [6.07, 6.45) is 2.56. The number of likely N-dealkylation sites (N-methyl/N-ethyl adjacent to an activating group) is 2. The van der Waals surface area contributed by atoms with Crippen LogP contribution in [0.1, 0.15) is 6.42 Å². The van der Waals surface area contributed by atoms with Crippen molar-refractivity contribution in [2.75, 3.05) is 33.7 Å². The maximum absolute atomic E-state index is 11.5. The first-order valence-corrected chi connectivity index (χ1v) is 4.70. The molecule has 0 aromatic heterocycles. The molecule has 1 unspecified atom stereocenters. The second-order valence-corrected chi connectivity index (χ2v) is 3.72. The summed E-state index contributed by atoms with van der Waals surface area (Å²) in [6, 6.07) is 0.00463. The molecule has 74 valence electrons. The summed E-state index contributed by atoms with van der Waals surface area (Å²) >= 11 is 0. The fraction of sp³-hybridized carbons (Fsp3) is 0.700. The summed E-state index contributed by atoms with van der Waals surface area (Å²) < 4.78 is 0. The van der Waals surface area contributed by atoms with Gasteiger partial charge >= 0.3 is 0 Å².